The predicted octanol–water partition coefficient (Wildman–Crippen LogP) is 3.14. The van der Waals surface area contributed by atoms with Crippen molar-refractivity contribution in [3.8, 4) is 0 Å². The number of carbonyl (C=O) groups excluding carboxylic acids is 2. The number of carbonyl (C=O) groups is 2. The number of amides is 2. The minimum atomic E-state index is -0.0739. The van der Waals surface area contributed by atoms with Crippen molar-refractivity contribution < 1.29 is 9.59 Å². The van der Waals surface area contributed by atoms with E-state index in [9.17, 15) is 9.59 Å². The van der Waals surface area contributed by atoms with E-state index in [0.29, 0.717) is 35.2 Å². The van der Waals surface area contributed by atoms with Gasteiger partial charge in [-0.25, -0.2) is 0 Å². The van der Waals surface area contributed by atoms with E-state index in [1.807, 2.05) is 4.90 Å². The number of nitrogens with zero attached hydrogens (tertiary/aromatic N) is 1. The Balaban J connectivity index is 0.00000243. The normalized spacial score (nSPS) is 22.6. The van der Waals surface area contributed by atoms with Gasteiger partial charge < -0.3 is 15.5 Å². The smallest absolute Gasteiger partial charge is 0.255 e. The van der Waals surface area contributed by atoms with Crippen molar-refractivity contribution in [3.63, 3.8) is 0 Å². The molecule has 1 aromatic carbocycles. The van der Waals surface area contributed by atoms with E-state index in [0.717, 1.165) is 32.2 Å². The first kappa shape index (κ1) is 21.3. The first-order valence-electron chi connectivity index (χ1n) is 8.80. The summed E-state index contributed by atoms with van der Waals surface area (Å²) in [6.07, 6.45) is 3.89. The number of hydrogen-bond acceptors (Lipinski definition) is 3. The number of rotatable bonds is 4. The van der Waals surface area contributed by atoms with E-state index in [-0.39, 0.29) is 36.2 Å². The van der Waals surface area contributed by atoms with Gasteiger partial charge in [0.2, 0.25) is 5.91 Å². The van der Waals surface area contributed by atoms with Crippen LogP contribution in [0.3, 0.4) is 0 Å². The zero-order chi connectivity index (χ0) is 17.8. The van der Waals surface area contributed by atoms with Crippen molar-refractivity contribution in [3.05, 3.63) is 33.8 Å². The molecule has 2 fully saturated rings. The molecule has 0 aromatic heterocycles. The Kier molecular flexibility index (Phi) is 8.02. The van der Waals surface area contributed by atoms with Gasteiger partial charge in [0, 0.05) is 24.7 Å². The molecule has 0 bridgehead atoms. The predicted molar refractivity (Wildman–Crippen MR) is 106 cm³/mol. The summed E-state index contributed by atoms with van der Waals surface area (Å²) in [4.78, 5) is 26.7. The number of hydrogen-bond donors (Lipinski definition) is 2. The van der Waals surface area contributed by atoms with Gasteiger partial charge in [0.05, 0.1) is 16.6 Å². The molecule has 1 aromatic rings. The quantitative estimate of drug-likeness (QED) is 0.786. The first-order valence-corrected chi connectivity index (χ1v) is 9.55. The molecule has 2 N–H and O–H groups in total. The van der Waals surface area contributed by atoms with Crippen LogP contribution in [0.25, 0.3) is 0 Å². The average Bonchev–Trinajstić information content (AvgIpc) is 3.14. The number of nitrogens with one attached hydrogen (secondary N) is 2. The molecule has 0 aliphatic carbocycles. The number of likely N-dealkylation sites (tertiary alicyclic amines) is 1. The number of halogens is 3. The molecule has 2 unspecified atom stereocenters. The molecule has 0 spiro atoms. The molecule has 3 rings (SSSR count). The lowest BCUT2D eigenvalue weighted by molar-refractivity contribution is -0.123. The Morgan fingerprint density at radius 3 is 2.73 bits per heavy atom. The van der Waals surface area contributed by atoms with Crippen molar-refractivity contribution >= 4 is 47.4 Å². The maximum Gasteiger partial charge on any atom is 0.255 e. The van der Waals surface area contributed by atoms with Gasteiger partial charge in [0.25, 0.3) is 5.91 Å². The molecule has 0 radical (unpaired) electrons. The van der Waals surface area contributed by atoms with Gasteiger partial charge in [-0.3, -0.25) is 9.59 Å². The van der Waals surface area contributed by atoms with Gasteiger partial charge in [0.1, 0.15) is 0 Å². The molecule has 144 valence electrons. The second-order valence-corrected chi connectivity index (χ2v) is 7.62. The molecular formula is C18H24Cl3N3O2. The summed E-state index contributed by atoms with van der Waals surface area (Å²) < 4.78 is 0. The van der Waals surface area contributed by atoms with Gasteiger partial charge in [-0.1, -0.05) is 23.2 Å². The molecule has 2 saturated heterocycles. The van der Waals surface area contributed by atoms with Crippen LogP contribution in [0.2, 0.25) is 10.0 Å². The van der Waals surface area contributed by atoms with Crippen molar-refractivity contribution in [2.24, 2.45) is 5.92 Å². The van der Waals surface area contributed by atoms with Crippen LogP contribution in [0, 0.1) is 5.92 Å². The minimum absolute atomic E-state index is 0. The van der Waals surface area contributed by atoms with Gasteiger partial charge in [0.15, 0.2) is 0 Å². The number of piperidine rings is 1. The molecule has 0 saturated carbocycles. The Hall–Kier alpha value is -1.01. The van der Waals surface area contributed by atoms with Crippen LogP contribution in [0.5, 0.6) is 0 Å². The SMILES string of the molecule is Cl.O=C(NCC1CCCN(C(=O)c2ccc(Cl)cc2Cl)C1)C1CCCN1. The van der Waals surface area contributed by atoms with Crippen molar-refractivity contribution in [2.75, 3.05) is 26.2 Å². The zero-order valence-electron chi connectivity index (χ0n) is 14.5. The van der Waals surface area contributed by atoms with Crippen LogP contribution in [-0.2, 0) is 4.79 Å². The molecular weight excluding hydrogens is 397 g/mol. The zero-order valence-corrected chi connectivity index (χ0v) is 16.8. The summed E-state index contributed by atoms with van der Waals surface area (Å²) in [5.41, 5.74) is 0.478. The summed E-state index contributed by atoms with van der Waals surface area (Å²) in [5.74, 6) is 0.269. The van der Waals surface area contributed by atoms with E-state index in [1.165, 1.54) is 0 Å². The third-order valence-corrected chi connectivity index (χ3v) is 5.46. The molecule has 5 nitrogen and oxygen atoms in total. The second kappa shape index (κ2) is 9.79. The minimum Gasteiger partial charge on any atom is -0.354 e. The Morgan fingerprint density at radius 1 is 1.23 bits per heavy atom. The first-order chi connectivity index (χ1) is 12.0. The lowest BCUT2D eigenvalue weighted by Gasteiger charge is -2.33. The summed E-state index contributed by atoms with van der Waals surface area (Å²) in [6, 6.07) is 4.88. The van der Waals surface area contributed by atoms with Crippen LogP contribution in [0.15, 0.2) is 18.2 Å². The average molecular weight is 421 g/mol. The van der Waals surface area contributed by atoms with E-state index < -0.39 is 0 Å². The Labute approximate surface area is 170 Å². The third kappa shape index (κ3) is 5.26. The van der Waals surface area contributed by atoms with Gasteiger partial charge in [-0.2, -0.15) is 0 Å². The fourth-order valence-electron chi connectivity index (χ4n) is 3.53. The van der Waals surface area contributed by atoms with Crippen molar-refractivity contribution in [1.82, 2.24) is 15.5 Å². The van der Waals surface area contributed by atoms with E-state index >= 15 is 0 Å². The second-order valence-electron chi connectivity index (χ2n) is 6.78. The molecule has 26 heavy (non-hydrogen) atoms. The molecule has 8 heteroatoms. The Bertz CT molecular complexity index is 651. The molecule has 2 aliphatic heterocycles. The van der Waals surface area contributed by atoms with Crippen LogP contribution in [0.1, 0.15) is 36.0 Å². The molecule has 2 atom stereocenters. The maximum absolute atomic E-state index is 12.7. The summed E-state index contributed by atoms with van der Waals surface area (Å²) >= 11 is 12.1. The Morgan fingerprint density at radius 2 is 2.04 bits per heavy atom. The molecule has 2 aliphatic rings. The molecule has 2 heterocycles. The van der Waals surface area contributed by atoms with E-state index in [1.54, 1.807) is 18.2 Å². The van der Waals surface area contributed by atoms with Crippen LogP contribution < -0.4 is 10.6 Å². The summed E-state index contributed by atoms with van der Waals surface area (Å²) in [7, 11) is 0. The fraction of sp³-hybridized carbons (Fsp3) is 0.556. The van der Waals surface area contributed by atoms with E-state index in [2.05, 4.69) is 10.6 Å². The third-order valence-electron chi connectivity index (χ3n) is 4.91. The van der Waals surface area contributed by atoms with Crippen molar-refractivity contribution in [1.29, 1.82) is 0 Å². The highest BCUT2D eigenvalue weighted by Crippen LogP contribution is 2.24. The monoisotopic (exact) mass is 419 g/mol. The lowest BCUT2D eigenvalue weighted by atomic mass is 9.97. The van der Waals surface area contributed by atoms with Crippen LogP contribution in [-0.4, -0.2) is 48.9 Å². The summed E-state index contributed by atoms with van der Waals surface area (Å²) in [5, 5.41) is 7.12. The number of benzene rings is 1. The molecule has 2 amide bonds. The topological polar surface area (TPSA) is 61.4 Å². The fourth-order valence-corrected chi connectivity index (χ4v) is 4.02. The van der Waals surface area contributed by atoms with Crippen LogP contribution in [0.4, 0.5) is 0 Å². The maximum atomic E-state index is 12.7. The highest BCUT2D eigenvalue weighted by atomic mass is 35.5. The van der Waals surface area contributed by atoms with E-state index in [4.69, 9.17) is 23.2 Å². The lowest BCUT2D eigenvalue weighted by Crippen LogP contribution is -2.46. The van der Waals surface area contributed by atoms with Gasteiger partial charge in [-0.15, -0.1) is 12.4 Å². The largest absolute Gasteiger partial charge is 0.354 e. The van der Waals surface area contributed by atoms with Crippen LogP contribution >= 0.6 is 35.6 Å². The van der Waals surface area contributed by atoms with Crippen molar-refractivity contribution in [2.45, 2.75) is 31.7 Å². The van der Waals surface area contributed by atoms with Gasteiger partial charge in [-0.05, 0) is 56.3 Å². The van der Waals surface area contributed by atoms with Gasteiger partial charge >= 0.3 is 0 Å². The standard InChI is InChI=1S/C18H23Cl2N3O2.ClH/c19-13-5-6-14(15(20)9-13)18(25)23-8-2-3-12(11-23)10-22-17(24)16-4-1-7-21-16;/h5-6,9,12,16,21H,1-4,7-8,10-11H2,(H,22,24);1H. The summed E-state index contributed by atoms with van der Waals surface area (Å²) in [6.45, 7) is 2.86. The highest BCUT2D eigenvalue weighted by molar-refractivity contribution is 6.36. The highest BCUT2D eigenvalue weighted by Gasteiger charge is 2.27.